The van der Waals surface area contributed by atoms with Crippen LogP contribution in [0.15, 0.2) is 34.5 Å². The van der Waals surface area contributed by atoms with E-state index in [1.54, 1.807) is 6.21 Å². The van der Waals surface area contributed by atoms with E-state index in [-0.39, 0.29) is 5.91 Å². The van der Waals surface area contributed by atoms with Crippen molar-refractivity contribution in [2.75, 3.05) is 45.2 Å². The SMILES string of the molecule is O=C1CSC(=NN=Cc2ccc(OCCCN3CCOCC3)cc2)N1. The summed E-state index contributed by atoms with van der Waals surface area (Å²) in [7, 11) is 0. The van der Waals surface area contributed by atoms with Crippen molar-refractivity contribution in [3.05, 3.63) is 29.8 Å². The van der Waals surface area contributed by atoms with Gasteiger partial charge in [0.1, 0.15) is 5.75 Å². The van der Waals surface area contributed by atoms with Crippen LogP contribution < -0.4 is 10.1 Å². The van der Waals surface area contributed by atoms with E-state index >= 15 is 0 Å². The van der Waals surface area contributed by atoms with Gasteiger partial charge in [-0.25, -0.2) is 0 Å². The lowest BCUT2D eigenvalue weighted by molar-refractivity contribution is -0.116. The molecule has 1 aromatic carbocycles. The molecule has 0 saturated carbocycles. The van der Waals surface area contributed by atoms with Gasteiger partial charge < -0.3 is 14.8 Å². The fourth-order valence-corrected chi connectivity index (χ4v) is 3.11. The quantitative estimate of drug-likeness (QED) is 0.450. The molecule has 25 heavy (non-hydrogen) atoms. The standard InChI is InChI=1S/C17H22N4O3S/c22-16-13-25-17(19-16)20-18-12-14-2-4-15(5-3-14)24-9-1-6-21-7-10-23-11-8-21/h2-5,12H,1,6-11,13H2,(H,19,20,22). The molecule has 1 aromatic rings. The number of nitrogens with one attached hydrogen (secondary N) is 1. The molecule has 0 unspecified atom stereocenters. The van der Waals surface area contributed by atoms with Gasteiger partial charge >= 0.3 is 0 Å². The number of rotatable bonds is 7. The summed E-state index contributed by atoms with van der Waals surface area (Å²) >= 11 is 1.35. The van der Waals surface area contributed by atoms with Gasteiger partial charge in [0.05, 0.1) is 31.8 Å². The van der Waals surface area contributed by atoms with Gasteiger partial charge in [0.15, 0.2) is 5.17 Å². The van der Waals surface area contributed by atoms with Crippen LogP contribution in [0, 0.1) is 0 Å². The second kappa shape index (κ2) is 9.55. The first-order valence-corrected chi connectivity index (χ1v) is 9.35. The van der Waals surface area contributed by atoms with Crippen LogP contribution in [0.4, 0.5) is 0 Å². The first kappa shape index (κ1) is 17.9. The van der Waals surface area contributed by atoms with Crippen molar-refractivity contribution in [3.8, 4) is 5.75 Å². The number of amidine groups is 1. The average molecular weight is 362 g/mol. The molecule has 0 atom stereocenters. The van der Waals surface area contributed by atoms with E-state index in [0.29, 0.717) is 17.5 Å². The molecule has 0 aromatic heterocycles. The topological polar surface area (TPSA) is 75.5 Å². The van der Waals surface area contributed by atoms with Crippen molar-refractivity contribution in [1.82, 2.24) is 10.2 Å². The van der Waals surface area contributed by atoms with Crippen molar-refractivity contribution < 1.29 is 14.3 Å². The van der Waals surface area contributed by atoms with Gasteiger partial charge in [-0.15, -0.1) is 5.10 Å². The lowest BCUT2D eigenvalue weighted by atomic mass is 10.2. The number of carbonyl (C=O) groups excluding carboxylic acids is 1. The van der Waals surface area contributed by atoms with Crippen LogP contribution in [0.25, 0.3) is 0 Å². The molecule has 1 N–H and O–H groups in total. The number of hydrogen-bond donors (Lipinski definition) is 1. The van der Waals surface area contributed by atoms with Crippen LogP contribution in [0.3, 0.4) is 0 Å². The van der Waals surface area contributed by atoms with Crippen LogP contribution in [0.5, 0.6) is 5.75 Å². The van der Waals surface area contributed by atoms with Gasteiger partial charge in [-0.05, 0) is 36.2 Å². The number of ether oxygens (including phenoxy) is 2. The van der Waals surface area contributed by atoms with E-state index in [4.69, 9.17) is 9.47 Å². The van der Waals surface area contributed by atoms with Gasteiger partial charge in [0, 0.05) is 19.6 Å². The molecule has 8 heteroatoms. The third-order valence-electron chi connectivity index (χ3n) is 3.81. The first-order chi connectivity index (χ1) is 12.3. The zero-order valence-electron chi connectivity index (χ0n) is 14.0. The maximum absolute atomic E-state index is 11.0. The Kier molecular flexibility index (Phi) is 6.84. The predicted octanol–water partition coefficient (Wildman–Crippen LogP) is 1.34. The van der Waals surface area contributed by atoms with Crippen molar-refractivity contribution in [2.45, 2.75) is 6.42 Å². The molecule has 134 valence electrons. The van der Waals surface area contributed by atoms with E-state index in [9.17, 15) is 4.79 Å². The number of amides is 1. The van der Waals surface area contributed by atoms with Crippen molar-refractivity contribution >= 4 is 29.1 Å². The number of benzene rings is 1. The second-order valence-electron chi connectivity index (χ2n) is 5.71. The van der Waals surface area contributed by atoms with Gasteiger partial charge in [-0.3, -0.25) is 9.69 Å². The van der Waals surface area contributed by atoms with Gasteiger partial charge in [-0.2, -0.15) is 5.10 Å². The smallest absolute Gasteiger partial charge is 0.236 e. The summed E-state index contributed by atoms with van der Waals surface area (Å²) in [6, 6.07) is 7.72. The van der Waals surface area contributed by atoms with E-state index < -0.39 is 0 Å². The zero-order chi connectivity index (χ0) is 17.3. The lowest BCUT2D eigenvalue weighted by Crippen LogP contribution is -2.37. The van der Waals surface area contributed by atoms with Crippen molar-refractivity contribution in [1.29, 1.82) is 0 Å². The minimum absolute atomic E-state index is 0.0333. The highest BCUT2D eigenvalue weighted by atomic mass is 32.2. The summed E-state index contributed by atoms with van der Waals surface area (Å²) in [5.41, 5.74) is 0.930. The second-order valence-corrected chi connectivity index (χ2v) is 6.68. The van der Waals surface area contributed by atoms with Crippen molar-refractivity contribution in [2.24, 2.45) is 10.2 Å². The molecule has 2 fully saturated rings. The Labute approximate surface area is 151 Å². The Balaban J connectivity index is 1.37. The number of hydrogen-bond acceptors (Lipinski definition) is 7. The summed E-state index contributed by atoms with van der Waals surface area (Å²) in [5, 5.41) is 11.1. The van der Waals surface area contributed by atoms with Crippen LogP contribution in [-0.2, 0) is 9.53 Å². The monoisotopic (exact) mass is 362 g/mol. The van der Waals surface area contributed by atoms with E-state index in [0.717, 1.165) is 50.6 Å². The fourth-order valence-electron chi connectivity index (χ4n) is 2.48. The predicted molar refractivity (Wildman–Crippen MR) is 99.4 cm³/mol. The van der Waals surface area contributed by atoms with Crippen LogP contribution >= 0.6 is 11.8 Å². The Bertz CT molecular complexity index is 627. The summed E-state index contributed by atoms with van der Waals surface area (Å²) in [4.78, 5) is 13.4. The van der Waals surface area contributed by atoms with Gasteiger partial charge in [-0.1, -0.05) is 11.8 Å². The van der Waals surface area contributed by atoms with Gasteiger partial charge in [0.2, 0.25) is 5.91 Å². The molecule has 0 aliphatic carbocycles. The van der Waals surface area contributed by atoms with Gasteiger partial charge in [0.25, 0.3) is 0 Å². The number of thioether (sulfide) groups is 1. The average Bonchev–Trinajstić information content (AvgIpc) is 3.06. The third-order valence-corrected chi connectivity index (χ3v) is 4.68. The highest BCUT2D eigenvalue weighted by molar-refractivity contribution is 8.15. The summed E-state index contributed by atoms with van der Waals surface area (Å²) in [5.74, 6) is 1.23. The molecule has 2 aliphatic rings. The molecule has 0 bridgehead atoms. The molecule has 0 radical (unpaired) electrons. The molecule has 3 rings (SSSR count). The van der Waals surface area contributed by atoms with Crippen molar-refractivity contribution in [3.63, 3.8) is 0 Å². The Morgan fingerprint density at radius 2 is 2.08 bits per heavy atom. The number of carbonyl (C=O) groups is 1. The molecule has 7 nitrogen and oxygen atoms in total. The number of morpholine rings is 1. The fraction of sp³-hybridized carbons (Fsp3) is 0.471. The molecule has 2 saturated heterocycles. The Morgan fingerprint density at radius 3 is 2.80 bits per heavy atom. The maximum atomic E-state index is 11.0. The normalized spacial score (nSPS) is 20.3. The minimum atomic E-state index is -0.0333. The zero-order valence-corrected chi connectivity index (χ0v) is 14.8. The summed E-state index contributed by atoms with van der Waals surface area (Å²) in [6.45, 7) is 5.44. The Hall–Kier alpha value is -1.90. The third kappa shape index (κ3) is 6.15. The molecular formula is C17H22N4O3S. The first-order valence-electron chi connectivity index (χ1n) is 8.36. The molecule has 0 spiro atoms. The maximum Gasteiger partial charge on any atom is 0.236 e. The Morgan fingerprint density at radius 1 is 1.28 bits per heavy atom. The molecule has 1 amide bonds. The van der Waals surface area contributed by atoms with E-state index in [1.165, 1.54) is 11.8 Å². The largest absolute Gasteiger partial charge is 0.494 e. The molecule has 2 heterocycles. The van der Waals surface area contributed by atoms with Crippen LogP contribution in [-0.4, -0.2) is 67.4 Å². The number of nitrogens with zero attached hydrogens (tertiary/aromatic N) is 3. The molecular weight excluding hydrogens is 340 g/mol. The summed E-state index contributed by atoms with van der Waals surface area (Å²) < 4.78 is 11.1. The van der Waals surface area contributed by atoms with Crippen LogP contribution in [0.2, 0.25) is 0 Å². The highest BCUT2D eigenvalue weighted by Crippen LogP contribution is 2.12. The van der Waals surface area contributed by atoms with E-state index in [1.807, 2.05) is 24.3 Å². The van der Waals surface area contributed by atoms with Crippen LogP contribution in [0.1, 0.15) is 12.0 Å². The lowest BCUT2D eigenvalue weighted by Gasteiger charge is -2.26. The minimum Gasteiger partial charge on any atom is -0.494 e. The highest BCUT2D eigenvalue weighted by Gasteiger charge is 2.15. The van der Waals surface area contributed by atoms with E-state index in [2.05, 4.69) is 20.4 Å². The summed E-state index contributed by atoms with van der Waals surface area (Å²) in [6.07, 6.45) is 2.66. The molecule has 2 aliphatic heterocycles.